The summed E-state index contributed by atoms with van der Waals surface area (Å²) in [6.07, 6.45) is 0.778. The van der Waals surface area contributed by atoms with E-state index >= 15 is 0 Å². The smallest absolute Gasteiger partial charge is 0.253 e. The van der Waals surface area contributed by atoms with Crippen LogP contribution in [-0.2, 0) is 0 Å². The molecule has 4 heteroatoms. The van der Waals surface area contributed by atoms with Crippen LogP contribution in [0.3, 0.4) is 0 Å². The monoisotopic (exact) mass is 217 g/mol. The van der Waals surface area contributed by atoms with Crippen molar-refractivity contribution in [2.45, 2.75) is 6.42 Å². The number of nitrogens with two attached hydrogens (primary N) is 1. The molecule has 0 bridgehead atoms. The zero-order valence-electron chi connectivity index (χ0n) is 9.31. The second-order valence-corrected chi connectivity index (χ2v) is 3.56. The van der Waals surface area contributed by atoms with Crippen LogP contribution in [0.1, 0.15) is 22.3 Å². The fourth-order valence-electron chi connectivity index (χ4n) is 1.37. The fourth-order valence-corrected chi connectivity index (χ4v) is 1.37. The zero-order valence-corrected chi connectivity index (χ0v) is 9.31. The molecule has 1 amide bonds. The van der Waals surface area contributed by atoms with Gasteiger partial charge in [-0.2, -0.15) is 5.26 Å². The van der Waals surface area contributed by atoms with Crippen LogP contribution < -0.4 is 5.73 Å². The normalized spacial score (nSPS) is 9.56. The number of hydrogen-bond donors (Lipinski definition) is 1. The number of rotatable bonds is 4. The van der Waals surface area contributed by atoms with E-state index in [1.54, 1.807) is 36.2 Å². The summed E-state index contributed by atoms with van der Waals surface area (Å²) >= 11 is 0. The Morgan fingerprint density at radius 1 is 1.56 bits per heavy atom. The van der Waals surface area contributed by atoms with E-state index in [9.17, 15) is 4.79 Å². The van der Waals surface area contributed by atoms with Gasteiger partial charge in [-0.15, -0.1) is 0 Å². The van der Waals surface area contributed by atoms with E-state index < -0.39 is 0 Å². The van der Waals surface area contributed by atoms with Gasteiger partial charge in [-0.1, -0.05) is 6.07 Å². The number of carbonyl (C=O) groups is 1. The van der Waals surface area contributed by atoms with Crippen molar-refractivity contribution in [2.75, 3.05) is 20.1 Å². The molecule has 0 heterocycles. The summed E-state index contributed by atoms with van der Waals surface area (Å²) in [6, 6.07) is 8.71. The summed E-state index contributed by atoms with van der Waals surface area (Å²) in [5.74, 6) is -0.0782. The van der Waals surface area contributed by atoms with Crippen molar-refractivity contribution >= 4 is 5.91 Å². The van der Waals surface area contributed by atoms with Crippen molar-refractivity contribution in [2.24, 2.45) is 5.73 Å². The third kappa shape index (κ3) is 3.07. The maximum absolute atomic E-state index is 11.9. The minimum absolute atomic E-state index is 0.0782. The van der Waals surface area contributed by atoms with E-state index in [2.05, 4.69) is 0 Å². The third-order valence-corrected chi connectivity index (χ3v) is 2.28. The molecule has 1 aromatic carbocycles. The molecule has 0 saturated carbocycles. The Hall–Kier alpha value is -1.86. The predicted molar refractivity (Wildman–Crippen MR) is 61.8 cm³/mol. The summed E-state index contributed by atoms with van der Waals surface area (Å²) in [6.45, 7) is 1.20. The number of nitrogens with zero attached hydrogens (tertiary/aromatic N) is 2. The SMILES string of the molecule is CN(CCCN)C(=O)c1cccc(C#N)c1. The standard InChI is InChI=1S/C12H15N3O/c1-15(7-3-6-13)12(16)11-5-2-4-10(8-11)9-14/h2,4-5,8H,3,6-7,13H2,1H3. The van der Waals surface area contributed by atoms with Crippen molar-refractivity contribution in [3.63, 3.8) is 0 Å². The summed E-state index contributed by atoms with van der Waals surface area (Å²) in [5.41, 5.74) is 6.42. The largest absolute Gasteiger partial charge is 0.342 e. The number of carbonyl (C=O) groups excluding carboxylic acids is 1. The molecule has 0 saturated heterocycles. The number of nitriles is 1. The van der Waals surface area contributed by atoms with Gasteiger partial charge >= 0.3 is 0 Å². The molecule has 0 atom stereocenters. The van der Waals surface area contributed by atoms with Crippen LogP contribution in [0.15, 0.2) is 24.3 Å². The maximum Gasteiger partial charge on any atom is 0.253 e. The topological polar surface area (TPSA) is 70.1 Å². The average Bonchev–Trinajstić information content (AvgIpc) is 2.35. The van der Waals surface area contributed by atoms with Gasteiger partial charge in [0, 0.05) is 19.2 Å². The van der Waals surface area contributed by atoms with E-state index in [4.69, 9.17) is 11.0 Å². The minimum Gasteiger partial charge on any atom is -0.342 e. The lowest BCUT2D eigenvalue weighted by Crippen LogP contribution is -2.28. The second-order valence-electron chi connectivity index (χ2n) is 3.56. The van der Waals surface area contributed by atoms with Gasteiger partial charge in [-0.3, -0.25) is 4.79 Å². The Kier molecular flexibility index (Phi) is 4.49. The summed E-state index contributed by atoms with van der Waals surface area (Å²) in [7, 11) is 1.73. The van der Waals surface area contributed by atoms with E-state index in [1.807, 2.05) is 6.07 Å². The van der Waals surface area contributed by atoms with Crippen molar-refractivity contribution in [3.8, 4) is 6.07 Å². The lowest BCUT2D eigenvalue weighted by molar-refractivity contribution is 0.0794. The molecule has 2 N–H and O–H groups in total. The molecule has 0 unspecified atom stereocenters. The lowest BCUT2D eigenvalue weighted by atomic mass is 10.1. The first-order valence-electron chi connectivity index (χ1n) is 5.14. The van der Waals surface area contributed by atoms with Crippen molar-refractivity contribution in [1.82, 2.24) is 4.90 Å². The van der Waals surface area contributed by atoms with Crippen molar-refractivity contribution < 1.29 is 4.79 Å². The molecule has 1 rings (SSSR count). The van der Waals surface area contributed by atoms with Gasteiger partial charge in [-0.25, -0.2) is 0 Å². The van der Waals surface area contributed by atoms with Crippen LogP contribution in [0, 0.1) is 11.3 Å². The molecule has 0 aliphatic rings. The molecule has 0 spiro atoms. The van der Waals surface area contributed by atoms with Crippen LogP contribution >= 0.6 is 0 Å². The van der Waals surface area contributed by atoms with E-state index in [0.717, 1.165) is 6.42 Å². The number of amides is 1. The van der Waals surface area contributed by atoms with Gasteiger partial charge in [-0.05, 0) is 31.2 Å². The number of benzene rings is 1. The highest BCUT2D eigenvalue weighted by atomic mass is 16.2. The van der Waals surface area contributed by atoms with Crippen molar-refractivity contribution in [1.29, 1.82) is 5.26 Å². The van der Waals surface area contributed by atoms with Gasteiger partial charge in [0.1, 0.15) is 0 Å². The number of hydrogen-bond acceptors (Lipinski definition) is 3. The second kappa shape index (κ2) is 5.89. The van der Waals surface area contributed by atoms with E-state index in [0.29, 0.717) is 24.2 Å². The molecular formula is C12H15N3O. The molecule has 84 valence electrons. The third-order valence-electron chi connectivity index (χ3n) is 2.28. The Labute approximate surface area is 95.3 Å². The van der Waals surface area contributed by atoms with Gasteiger partial charge in [0.05, 0.1) is 11.6 Å². The first-order valence-corrected chi connectivity index (χ1v) is 5.14. The van der Waals surface area contributed by atoms with Crippen LogP contribution in [-0.4, -0.2) is 30.9 Å². The molecule has 16 heavy (non-hydrogen) atoms. The Morgan fingerprint density at radius 2 is 2.31 bits per heavy atom. The summed E-state index contributed by atoms with van der Waals surface area (Å²) in [4.78, 5) is 13.5. The van der Waals surface area contributed by atoms with Crippen LogP contribution in [0.2, 0.25) is 0 Å². The fraction of sp³-hybridized carbons (Fsp3) is 0.333. The van der Waals surface area contributed by atoms with Gasteiger partial charge in [0.2, 0.25) is 0 Å². The van der Waals surface area contributed by atoms with Gasteiger partial charge in [0.15, 0.2) is 0 Å². The Balaban J connectivity index is 2.76. The minimum atomic E-state index is -0.0782. The Bertz CT molecular complexity index is 409. The van der Waals surface area contributed by atoms with Crippen LogP contribution in [0.25, 0.3) is 0 Å². The zero-order chi connectivity index (χ0) is 12.0. The van der Waals surface area contributed by atoms with E-state index in [1.165, 1.54) is 0 Å². The molecule has 0 radical (unpaired) electrons. The highest BCUT2D eigenvalue weighted by Crippen LogP contribution is 2.07. The highest BCUT2D eigenvalue weighted by Gasteiger charge is 2.11. The average molecular weight is 217 g/mol. The molecular weight excluding hydrogens is 202 g/mol. The molecule has 0 fully saturated rings. The van der Waals surface area contributed by atoms with Gasteiger partial charge < -0.3 is 10.6 Å². The van der Waals surface area contributed by atoms with Crippen molar-refractivity contribution in [3.05, 3.63) is 35.4 Å². The van der Waals surface area contributed by atoms with Crippen LogP contribution in [0.4, 0.5) is 0 Å². The molecule has 0 aromatic heterocycles. The quantitative estimate of drug-likeness (QED) is 0.817. The first-order chi connectivity index (χ1) is 7.69. The first kappa shape index (κ1) is 12.2. The van der Waals surface area contributed by atoms with E-state index in [-0.39, 0.29) is 5.91 Å². The van der Waals surface area contributed by atoms with Gasteiger partial charge in [0.25, 0.3) is 5.91 Å². The maximum atomic E-state index is 11.9. The molecule has 0 aliphatic heterocycles. The molecule has 0 aliphatic carbocycles. The lowest BCUT2D eigenvalue weighted by Gasteiger charge is -2.16. The summed E-state index contributed by atoms with van der Waals surface area (Å²) in [5, 5.41) is 8.73. The van der Waals surface area contributed by atoms with Crippen LogP contribution in [0.5, 0.6) is 0 Å². The summed E-state index contributed by atoms with van der Waals surface area (Å²) < 4.78 is 0. The molecule has 1 aromatic rings. The predicted octanol–water partition coefficient (Wildman–Crippen LogP) is 0.979. The molecule has 4 nitrogen and oxygen atoms in total. The highest BCUT2D eigenvalue weighted by molar-refractivity contribution is 5.94. The Morgan fingerprint density at radius 3 is 2.94 bits per heavy atom.